The molecule has 1 aromatic rings. The molecule has 1 rings (SSSR count). The third-order valence-electron chi connectivity index (χ3n) is 4.90. The number of halogens is 1. The first-order valence-corrected chi connectivity index (χ1v) is 9.49. The Labute approximate surface area is 150 Å². The Balaban J connectivity index is 0.00000484. The third-order valence-corrected chi connectivity index (χ3v) is 4.90. The zero-order valence-electron chi connectivity index (χ0n) is 15.7. The lowest BCUT2D eigenvalue weighted by Gasteiger charge is -2.25. The monoisotopic (exact) mass is 339 g/mol. The summed E-state index contributed by atoms with van der Waals surface area (Å²) in [6.45, 7) is 7.02. The van der Waals surface area contributed by atoms with Gasteiger partial charge in [0.25, 0.3) is 0 Å². The van der Waals surface area contributed by atoms with E-state index in [-0.39, 0.29) is 17.8 Å². The van der Waals surface area contributed by atoms with Crippen LogP contribution in [0.4, 0.5) is 5.69 Å². The van der Waals surface area contributed by atoms with Crippen LogP contribution in [0.3, 0.4) is 0 Å². The minimum absolute atomic E-state index is 0. The van der Waals surface area contributed by atoms with Crippen molar-refractivity contribution in [3.63, 3.8) is 0 Å². The molecule has 134 valence electrons. The van der Waals surface area contributed by atoms with E-state index in [1.54, 1.807) is 0 Å². The van der Waals surface area contributed by atoms with Crippen molar-refractivity contribution >= 4 is 5.69 Å². The van der Waals surface area contributed by atoms with Crippen LogP contribution in [0.15, 0.2) is 24.3 Å². The van der Waals surface area contributed by atoms with Gasteiger partial charge in [0.05, 0.1) is 0 Å². The zero-order chi connectivity index (χ0) is 16.3. The Bertz CT molecular complexity index is 401. The molecule has 0 unspecified atom stereocenters. The minimum atomic E-state index is 0. The summed E-state index contributed by atoms with van der Waals surface area (Å²) in [5.41, 5.74) is 7.06. The second-order valence-corrected chi connectivity index (χ2v) is 7.47. The maximum absolute atomic E-state index is 4.19. The summed E-state index contributed by atoms with van der Waals surface area (Å²) >= 11 is 0. The fraction of sp³-hybridized carbons (Fsp3) is 0.714. The fourth-order valence-electron chi connectivity index (χ4n) is 3.37. The van der Waals surface area contributed by atoms with Crippen LogP contribution in [-0.2, 0) is 5.41 Å². The molecule has 3 N–H and O–H groups in total. The number of unbranched alkanes of at least 4 members (excludes halogenated alkanes) is 9. The Morgan fingerprint density at radius 3 is 1.78 bits per heavy atom. The zero-order valence-corrected chi connectivity index (χ0v) is 16.4. The highest BCUT2D eigenvalue weighted by Gasteiger charge is 2.23. The number of benzene rings is 1. The molecule has 0 bridgehead atoms. The molecular formula is C21H38ClN. The Hall–Kier alpha value is -0.530. The molecule has 1 aromatic carbocycles. The number of quaternary nitrogens is 1. The van der Waals surface area contributed by atoms with E-state index >= 15 is 0 Å². The van der Waals surface area contributed by atoms with E-state index in [4.69, 9.17) is 0 Å². The van der Waals surface area contributed by atoms with Crippen molar-refractivity contribution in [1.82, 2.24) is 0 Å². The van der Waals surface area contributed by atoms with Gasteiger partial charge in [-0.3, -0.25) is 0 Å². The first-order valence-electron chi connectivity index (χ1n) is 9.49. The topological polar surface area (TPSA) is 27.6 Å². The molecule has 2 heteroatoms. The van der Waals surface area contributed by atoms with Crippen molar-refractivity contribution in [3.8, 4) is 0 Å². The van der Waals surface area contributed by atoms with Crippen molar-refractivity contribution < 1.29 is 18.1 Å². The number of hydrogen-bond acceptors (Lipinski definition) is 0. The quantitative estimate of drug-likeness (QED) is 0.566. The molecule has 0 aromatic heterocycles. The summed E-state index contributed by atoms with van der Waals surface area (Å²) in [6, 6.07) is 8.61. The van der Waals surface area contributed by atoms with Crippen LogP contribution < -0.4 is 18.1 Å². The van der Waals surface area contributed by atoms with Crippen molar-refractivity contribution in [2.45, 2.75) is 96.8 Å². The summed E-state index contributed by atoms with van der Waals surface area (Å²) < 4.78 is 0. The fourth-order valence-corrected chi connectivity index (χ4v) is 3.37. The highest BCUT2D eigenvalue weighted by molar-refractivity contribution is 5.42. The van der Waals surface area contributed by atoms with Gasteiger partial charge < -0.3 is 18.1 Å². The van der Waals surface area contributed by atoms with E-state index in [0.29, 0.717) is 0 Å². The van der Waals surface area contributed by atoms with E-state index in [9.17, 15) is 0 Å². The molecule has 0 heterocycles. The van der Waals surface area contributed by atoms with Gasteiger partial charge in [-0.15, -0.1) is 0 Å². The van der Waals surface area contributed by atoms with Crippen molar-refractivity contribution in [2.75, 3.05) is 0 Å². The largest absolute Gasteiger partial charge is 1.00 e. The molecule has 0 aliphatic heterocycles. The molecule has 0 aliphatic carbocycles. The van der Waals surface area contributed by atoms with Crippen LogP contribution in [0.5, 0.6) is 0 Å². The maximum atomic E-state index is 4.19. The van der Waals surface area contributed by atoms with Gasteiger partial charge in [0.1, 0.15) is 5.69 Å². The van der Waals surface area contributed by atoms with Gasteiger partial charge in [-0.05, 0) is 17.9 Å². The highest BCUT2D eigenvalue weighted by atomic mass is 35.5. The van der Waals surface area contributed by atoms with Crippen molar-refractivity contribution in [1.29, 1.82) is 0 Å². The lowest BCUT2D eigenvalue weighted by Crippen LogP contribution is -3.00. The molecule has 0 radical (unpaired) electrons. The van der Waals surface area contributed by atoms with Crippen LogP contribution in [-0.4, -0.2) is 0 Å². The summed E-state index contributed by atoms with van der Waals surface area (Å²) in [4.78, 5) is 0. The van der Waals surface area contributed by atoms with Crippen LogP contribution in [0.25, 0.3) is 0 Å². The normalized spacial score (nSPS) is 11.3. The van der Waals surface area contributed by atoms with Crippen LogP contribution in [0, 0.1) is 0 Å². The molecule has 0 amide bonds. The number of rotatable bonds is 12. The second-order valence-electron chi connectivity index (χ2n) is 7.47. The highest BCUT2D eigenvalue weighted by Crippen LogP contribution is 2.32. The summed E-state index contributed by atoms with van der Waals surface area (Å²) in [7, 11) is 0. The van der Waals surface area contributed by atoms with Gasteiger partial charge in [0.2, 0.25) is 0 Å². The van der Waals surface area contributed by atoms with Crippen molar-refractivity contribution in [3.05, 3.63) is 29.8 Å². The predicted octanol–water partition coefficient (Wildman–Crippen LogP) is 3.15. The summed E-state index contributed by atoms with van der Waals surface area (Å²) in [5.74, 6) is 0. The lowest BCUT2D eigenvalue weighted by molar-refractivity contribution is -0.256. The Morgan fingerprint density at radius 2 is 1.26 bits per heavy atom. The average molecular weight is 340 g/mol. The standard InChI is InChI=1S/C21H37N.ClH/c1-4-5-6-7-8-9-10-11-12-15-18-21(2,3)19-16-13-14-17-20(19)22;/h13-14,16-17H,4-12,15,18,22H2,1-3H3;1H. The first-order chi connectivity index (χ1) is 10.6. The predicted molar refractivity (Wildman–Crippen MR) is 98.5 cm³/mol. The maximum Gasteiger partial charge on any atom is 0.131 e. The van der Waals surface area contributed by atoms with Crippen molar-refractivity contribution in [2.24, 2.45) is 0 Å². The van der Waals surface area contributed by atoms with E-state index in [0.717, 1.165) is 0 Å². The van der Waals surface area contributed by atoms with Gasteiger partial charge in [-0.25, -0.2) is 0 Å². The van der Waals surface area contributed by atoms with Crippen LogP contribution in [0.2, 0.25) is 0 Å². The molecule has 23 heavy (non-hydrogen) atoms. The molecule has 0 spiro atoms. The lowest BCUT2D eigenvalue weighted by atomic mass is 9.79. The molecule has 1 nitrogen and oxygen atoms in total. The summed E-state index contributed by atoms with van der Waals surface area (Å²) in [5, 5.41) is 0. The molecule has 0 aliphatic rings. The third kappa shape index (κ3) is 9.37. The van der Waals surface area contributed by atoms with Crippen LogP contribution >= 0.6 is 0 Å². The SMILES string of the molecule is CCCCCCCCCCCCC(C)(C)c1ccccc1[NH3+].[Cl-]. The van der Waals surface area contributed by atoms with E-state index in [1.165, 1.54) is 81.9 Å². The van der Waals surface area contributed by atoms with Gasteiger partial charge in [-0.1, -0.05) is 103 Å². The minimum Gasteiger partial charge on any atom is -1.00 e. The van der Waals surface area contributed by atoms with E-state index < -0.39 is 0 Å². The first kappa shape index (κ1) is 22.5. The van der Waals surface area contributed by atoms with Gasteiger partial charge in [-0.2, -0.15) is 0 Å². The van der Waals surface area contributed by atoms with E-state index in [1.807, 2.05) is 0 Å². The van der Waals surface area contributed by atoms with Gasteiger partial charge >= 0.3 is 0 Å². The Morgan fingerprint density at radius 1 is 0.783 bits per heavy atom. The number of hydrogen-bond donors (Lipinski definition) is 1. The molecule has 0 atom stereocenters. The van der Waals surface area contributed by atoms with E-state index in [2.05, 4.69) is 50.8 Å². The van der Waals surface area contributed by atoms with Gasteiger partial charge in [0.15, 0.2) is 0 Å². The molecule has 0 saturated heterocycles. The Kier molecular flexibility index (Phi) is 12.5. The van der Waals surface area contributed by atoms with Crippen LogP contribution in [0.1, 0.15) is 97.0 Å². The molecule has 0 fully saturated rings. The van der Waals surface area contributed by atoms with Gasteiger partial charge in [0, 0.05) is 5.56 Å². The molecular weight excluding hydrogens is 302 g/mol. The molecule has 0 saturated carbocycles. The summed E-state index contributed by atoms with van der Waals surface area (Å²) in [6.07, 6.45) is 15.4. The second kappa shape index (κ2) is 12.8. The average Bonchev–Trinajstić information content (AvgIpc) is 2.49. The smallest absolute Gasteiger partial charge is 0.131 e.